The highest BCUT2D eigenvalue weighted by atomic mass is 19.1. The van der Waals surface area contributed by atoms with Crippen molar-refractivity contribution in [2.45, 2.75) is 6.10 Å². The molecule has 34 heavy (non-hydrogen) atoms. The summed E-state index contributed by atoms with van der Waals surface area (Å²) in [7, 11) is 0. The average Bonchev–Trinajstić information content (AvgIpc) is 2.87. The number of nitrogens with one attached hydrogen (secondary N) is 2. The van der Waals surface area contributed by atoms with Crippen molar-refractivity contribution < 1.29 is 23.5 Å². The molecule has 0 unspecified atom stereocenters. The zero-order valence-corrected chi connectivity index (χ0v) is 18.0. The zero-order valence-electron chi connectivity index (χ0n) is 18.0. The second-order valence-corrected chi connectivity index (χ2v) is 7.52. The van der Waals surface area contributed by atoms with E-state index in [0.29, 0.717) is 16.8 Å². The van der Waals surface area contributed by atoms with E-state index >= 15 is 0 Å². The topological polar surface area (TPSA) is 84.5 Å². The van der Waals surface area contributed by atoms with Crippen LogP contribution in [-0.2, 0) is 14.3 Å². The van der Waals surface area contributed by atoms with E-state index < -0.39 is 36.2 Å². The van der Waals surface area contributed by atoms with Crippen molar-refractivity contribution in [2.75, 3.05) is 11.9 Å². The van der Waals surface area contributed by atoms with Gasteiger partial charge in [-0.1, -0.05) is 60.7 Å². The van der Waals surface area contributed by atoms with Gasteiger partial charge in [-0.25, -0.2) is 4.39 Å². The summed E-state index contributed by atoms with van der Waals surface area (Å²) in [6.07, 6.45) is -1.25. The van der Waals surface area contributed by atoms with Crippen LogP contribution in [0, 0.1) is 5.82 Å². The van der Waals surface area contributed by atoms with E-state index in [4.69, 9.17) is 4.74 Å². The smallest absolute Gasteiger partial charge is 0.326 e. The lowest BCUT2D eigenvalue weighted by atomic mass is 10.1. The van der Waals surface area contributed by atoms with Crippen molar-refractivity contribution in [3.63, 3.8) is 0 Å². The Morgan fingerprint density at radius 3 is 2.21 bits per heavy atom. The van der Waals surface area contributed by atoms with E-state index in [1.54, 1.807) is 42.5 Å². The first-order valence-electron chi connectivity index (χ1n) is 10.6. The first-order valence-corrected chi connectivity index (χ1v) is 10.6. The van der Waals surface area contributed by atoms with Crippen molar-refractivity contribution in [2.24, 2.45) is 0 Å². The number of fused-ring (bicyclic) bond motifs is 1. The predicted octanol–water partition coefficient (Wildman–Crippen LogP) is 4.63. The maximum Gasteiger partial charge on any atom is 0.326 e. The van der Waals surface area contributed by atoms with Gasteiger partial charge in [-0.15, -0.1) is 0 Å². The molecule has 0 aromatic heterocycles. The van der Waals surface area contributed by atoms with Crippen LogP contribution in [0.2, 0.25) is 0 Å². The van der Waals surface area contributed by atoms with Crippen molar-refractivity contribution in [1.29, 1.82) is 0 Å². The molecule has 0 aliphatic heterocycles. The van der Waals surface area contributed by atoms with E-state index in [-0.39, 0.29) is 0 Å². The average molecular weight is 456 g/mol. The summed E-state index contributed by atoms with van der Waals surface area (Å²) in [4.78, 5) is 37.9. The van der Waals surface area contributed by atoms with Gasteiger partial charge < -0.3 is 15.4 Å². The fraction of sp³-hybridized carbons (Fsp3) is 0.0741. The number of halogens is 1. The largest absolute Gasteiger partial charge is 0.446 e. The maximum absolute atomic E-state index is 13.2. The maximum atomic E-state index is 13.2. The number of ether oxygens (including phenoxy) is 1. The summed E-state index contributed by atoms with van der Waals surface area (Å²) < 4.78 is 18.6. The normalized spacial score (nSPS) is 11.4. The van der Waals surface area contributed by atoms with E-state index in [0.717, 1.165) is 10.8 Å². The summed E-state index contributed by atoms with van der Waals surface area (Å²) in [5, 5.41) is 7.04. The molecule has 6 nitrogen and oxygen atoms in total. The Kier molecular flexibility index (Phi) is 6.93. The van der Waals surface area contributed by atoms with Gasteiger partial charge in [-0.05, 0) is 47.2 Å². The van der Waals surface area contributed by atoms with Gasteiger partial charge in [0.1, 0.15) is 12.4 Å². The van der Waals surface area contributed by atoms with Gasteiger partial charge in [0.15, 0.2) is 0 Å². The number of carbonyl (C=O) groups excluding carboxylic acids is 3. The summed E-state index contributed by atoms with van der Waals surface area (Å²) in [6, 6.07) is 26.6. The Morgan fingerprint density at radius 1 is 0.794 bits per heavy atom. The van der Waals surface area contributed by atoms with Crippen LogP contribution in [0.1, 0.15) is 22.0 Å². The van der Waals surface area contributed by atoms with Crippen LogP contribution >= 0.6 is 0 Å². The third-order valence-corrected chi connectivity index (χ3v) is 5.11. The van der Waals surface area contributed by atoms with Crippen LogP contribution in [0.4, 0.5) is 10.1 Å². The summed E-state index contributed by atoms with van der Waals surface area (Å²) in [5.74, 6) is -2.26. The molecule has 4 aromatic carbocycles. The van der Waals surface area contributed by atoms with E-state index in [2.05, 4.69) is 10.6 Å². The lowest BCUT2D eigenvalue weighted by Gasteiger charge is -2.18. The molecule has 0 aliphatic rings. The van der Waals surface area contributed by atoms with E-state index in [1.165, 1.54) is 24.3 Å². The summed E-state index contributed by atoms with van der Waals surface area (Å²) >= 11 is 0. The Labute approximate surface area is 195 Å². The van der Waals surface area contributed by atoms with Crippen LogP contribution < -0.4 is 10.6 Å². The van der Waals surface area contributed by atoms with Gasteiger partial charge in [0.2, 0.25) is 6.10 Å². The number of hydrogen-bond acceptors (Lipinski definition) is 4. The zero-order chi connectivity index (χ0) is 23.9. The highest BCUT2D eigenvalue weighted by Crippen LogP contribution is 2.21. The molecule has 0 saturated carbocycles. The van der Waals surface area contributed by atoms with Crippen LogP contribution in [0.3, 0.4) is 0 Å². The number of carbonyl (C=O) groups is 3. The fourth-order valence-electron chi connectivity index (χ4n) is 3.40. The molecule has 4 aromatic rings. The van der Waals surface area contributed by atoms with Crippen LogP contribution in [-0.4, -0.2) is 24.3 Å². The van der Waals surface area contributed by atoms with Crippen molar-refractivity contribution in [3.8, 4) is 0 Å². The quantitative estimate of drug-likeness (QED) is 0.397. The Bertz CT molecular complexity index is 1320. The standard InChI is InChI=1S/C27H21FN2O4/c28-22-12-14-23(15-13-22)30-27(33)25(19-7-2-1-3-8-19)34-24(31)17-29-26(32)21-11-10-18-6-4-5-9-20(18)16-21/h1-16,25H,17H2,(H,29,32)(H,30,33)/t25-/m1/s1. The summed E-state index contributed by atoms with van der Waals surface area (Å²) in [5.41, 5.74) is 1.21. The number of benzene rings is 4. The van der Waals surface area contributed by atoms with E-state index in [1.807, 2.05) is 30.3 Å². The molecule has 0 heterocycles. The van der Waals surface area contributed by atoms with Gasteiger partial charge in [0, 0.05) is 16.8 Å². The van der Waals surface area contributed by atoms with Crippen molar-refractivity contribution in [1.82, 2.24) is 5.32 Å². The Balaban J connectivity index is 1.42. The van der Waals surface area contributed by atoms with Crippen LogP contribution in [0.15, 0.2) is 97.1 Å². The lowest BCUT2D eigenvalue weighted by molar-refractivity contribution is -0.153. The summed E-state index contributed by atoms with van der Waals surface area (Å²) in [6.45, 7) is -0.418. The van der Waals surface area contributed by atoms with Crippen LogP contribution in [0.25, 0.3) is 10.8 Å². The molecule has 0 aliphatic carbocycles. The van der Waals surface area contributed by atoms with E-state index in [9.17, 15) is 18.8 Å². The third kappa shape index (κ3) is 5.63. The second-order valence-electron chi connectivity index (χ2n) is 7.52. The first kappa shape index (κ1) is 22.7. The van der Waals surface area contributed by atoms with Gasteiger partial charge in [-0.2, -0.15) is 0 Å². The molecule has 0 spiro atoms. The van der Waals surface area contributed by atoms with Crippen molar-refractivity contribution in [3.05, 3.63) is 114 Å². The molecule has 0 saturated heterocycles. The van der Waals surface area contributed by atoms with Crippen molar-refractivity contribution >= 4 is 34.2 Å². The SMILES string of the molecule is O=C(CNC(=O)c1ccc2ccccc2c1)O[C@@H](C(=O)Nc1ccc(F)cc1)c1ccccc1. The predicted molar refractivity (Wildman–Crippen MR) is 127 cm³/mol. The first-order chi connectivity index (χ1) is 16.5. The minimum absolute atomic E-state index is 0.355. The monoisotopic (exact) mass is 456 g/mol. The minimum Gasteiger partial charge on any atom is -0.446 e. The molecule has 0 bridgehead atoms. The second kappa shape index (κ2) is 10.4. The highest BCUT2D eigenvalue weighted by Gasteiger charge is 2.25. The number of anilines is 1. The van der Waals surface area contributed by atoms with Crippen LogP contribution in [0.5, 0.6) is 0 Å². The molecule has 7 heteroatoms. The minimum atomic E-state index is -1.25. The molecule has 4 rings (SSSR count). The molecule has 1 atom stereocenters. The molecule has 2 N–H and O–H groups in total. The van der Waals surface area contributed by atoms with Gasteiger partial charge >= 0.3 is 5.97 Å². The molecule has 0 fully saturated rings. The number of amides is 2. The molecule has 0 radical (unpaired) electrons. The molecule has 2 amide bonds. The number of rotatable bonds is 7. The highest BCUT2D eigenvalue weighted by molar-refractivity contribution is 6.00. The fourth-order valence-corrected chi connectivity index (χ4v) is 3.40. The number of esters is 1. The molecule has 170 valence electrons. The Hall–Kier alpha value is -4.52. The van der Waals surface area contributed by atoms with Gasteiger partial charge in [0.25, 0.3) is 11.8 Å². The molecular weight excluding hydrogens is 435 g/mol. The Morgan fingerprint density at radius 2 is 1.47 bits per heavy atom. The van der Waals surface area contributed by atoms with Gasteiger partial charge in [0.05, 0.1) is 0 Å². The third-order valence-electron chi connectivity index (χ3n) is 5.11. The van der Waals surface area contributed by atoms with Gasteiger partial charge in [-0.3, -0.25) is 14.4 Å². The molecular formula is C27H21FN2O4. The number of hydrogen-bond donors (Lipinski definition) is 2. The lowest BCUT2D eigenvalue weighted by Crippen LogP contribution is -2.33.